The van der Waals surface area contributed by atoms with Gasteiger partial charge in [-0.2, -0.15) is 0 Å². The Kier molecular flexibility index (Phi) is 17.5. The Labute approximate surface area is 177 Å². The van der Waals surface area contributed by atoms with Crippen LogP contribution in [0.1, 0.15) is 51.4 Å². The van der Waals surface area contributed by atoms with Gasteiger partial charge in [0.15, 0.2) is 0 Å². The normalized spacial score (nSPS) is 16.7. The van der Waals surface area contributed by atoms with Crippen molar-refractivity contribution in [2.24, 2.45) is 0 Å². The molecule has 2 unspecified atom stereocenters. The second-order valence-electron chi connectivity index (χ2n) is 4.29. The molecule has 0 aliphatic heterocycles. The van der Waals surface area contributed by atoms with Crippen LogP contribution in [0, 0.1) is 0 Å². The maximum Gasteiger partial charge on any atom is 2.00 e. The van der Waals surface area contributed by atoms with E-state index in [1.807, 2.05) is 0 Å². The Balaban J connectivity index is 0. The molecule has 0 aliphatic rings. The minimum Gasteiger partial charge on any atom is -0.748 e. The summed E-state index contributed by atoms with van der Waals surface area (Å²) in [6, 6.07) is 0. The van der Waals surface area contributed by atoms with Crippen LogP contribution in [0.15, 0.2) is 0 Å². The van der Waals surface area contributed by atoms with Crippen LogP contribution >= 0.6 is 0 Å². The fourth-order valence-electron chi connectivity index (χ4n) is 1.59. The SMILES string of the molecule is O=S([O-])(=S)OCCCCCCCCCCOS(=O)([O-])=S.[Ba+2]. The molecule has 6 nitrogen and oxygen atoms in total. The minimum absolute atomic E-state index is 0. The number of hydrogen-bond acceptors (Lipinski definition) is 8. The molecule has 0 radical (unpaired) electrons. The minimum atomic E-state index is -3.72. The van der Waals surface area contributed by atoms with E-state index in [0.717, 1.165) is 38.5 Å². The molecule has 0 N–H and O–H groups in total. The van der Waals surface area contributed by atoms with Gasteiger partial charge in [-0.15, -0.1) is 0 Å². The van der Waals surface area contributed by atoms with Crippen LogP contribution in [0.5, 0.6) is 0 Å². The van der Waals surface area contributed by atoms with Crippen molar-refractivity contribution >= 4 is 89.4 Å². The van der Waals surface area contributed by atoms with E-state index in [1.165, 1.54) is 0 Å². The summed E-state index contributed by atoms with van der Waals surface area (Å²) in [6.45, 7) is 0.303. The monoisotopic (exact) mass is 502 g/mol. The summed E-state index contributed by atoms with van der Waals surface area (Å²) in [7, 11) is -7.45. The summed E-state index contributed by atoms with van der Waals surface area (Å²) in [5, 5.41) is 0. The third kappa shape index (κ3) is 24.5. The third-order valence-electron chi connectivity index (χ3n) is 2.49. The van der Waals surface area contributed by atoms with Crippen LogP contribution in [0.4, 0.5) is 0 Å². The van der Waals surface area contributed by atoms with Crippen LogP contribution in [-0.2, 0) is 48.8 Å². The van der Waals surface area contributed by atoms with Crippen LogP contribution in [-0.4, -0.2) is 79.6 Å². The first kappa shape index (κ1) is 25.4. The zero-order chi connectivity index (χ0) is 15.5. The zero-order valence-electron chi connectivity index (χ0n) is 11.9. The van der Waals surface area contributed by atoms with Gasteiger partial charge in [-0.25, -0.2) is 8.42 Å². The van der Waals surface area contributed by atoms with Crippen molar-refractivity contribution in [1.82, 2.24) is 0 Å². The first-order chi connectivity index (χ1) is 9.21. The van der Waals surface area contributed by atoms with E-state index in [9.17, 15) is 17.5 Å². The summed E-state index contributed by atoms with van der Waals surface area (Å²) in [4.78, 5) is 0. The average Bonchev–Trinajstić information content (AvgIpc) is 2.27. The quantitative estimate of drug-likeness (QED) is 0.275. The maximum atomic E-state index is 10.5. The molecule has 0 rings (SSSR count). The van der Waals surface area contributed by atoms with Gasteiger partial charge < -0.3 is 9.11 Å². The first-order valence-corrected chi connectivity index (χ1v) is 11.1. The Hall–Kier alpha value is 2.15. The Morgan fingerprint density at radius 1 is 0.667 bits per heavy atom. The average molecular weight is 502 g/mol. The fraction of sp³-hybridized carbons (Fsp3) is 1.00. The van der Waals surface area contributed by atoms with Gasteiger partial charge in [-0.05, 0) is 35.2 Å². The van der Waals surface area contributed by atoms with Crippen molar-refractivity contribution in [2.75, 3.05) is 13.2 Å². The summed E-state index contributed by atoms with van der Waals surface area (Å²) < 4.78 is 50.9. The van der Waals surface area contributed by atoms with E-state index in [0.29, 0.717) is 12.8 Å². The maximum absolute atomic E-state index is 10.5. The predicted molar refractivity (Wildman–Crippen MR) is 87.2 cm³/mol. The molecule has 0 fully saturated rings. The van der Waals surface area contributed by atoms with E-state index in [4.69, 9.17) is 0 Å². The molecule has 0 aromatic rings. The van der Waals surface area contributed by atoms with E-state index in [2.05, 4.69) is 30.7 Å². The molecule has 0 bridgehead atoms. The van der Waals surface area contributed by atoms with Crippen molar-refractivity contribution < 1.29 is 25.9 Å². The van der Waals surface area contributed by atoms with Crippen molar-refractivity contribution in [3.63, 3.8) is 0 Å². The smallest absolute Gasteiger partial charge is 0.748 e. The Bertz CT molecular complexity index is 394. The summed E-state index contributed by atoms with van der Waals surface area (Å²) in [5.41, 5.74) is 0. The largest absolute Gasteiger partial charge is 2.00 e. The number of hydrogen-bond donors (Lipinski definition) is 0. The molecular formula is C10H20BaO6S4. The summed E-state index contributed by atoms with van der Waals surface area (Å²) in [5.74, 6) is 0. The van der Waals surface area contributed by atoms with Crippen LogP contribution < -0.4 is 0 Å². The third-order valence-corrected chi connectivity index (χ3v) is 3.98. The first-order valence-electron chi connectivity index (χ1n) is 6.41. The van der Waals surface area contributed by atoms with Crippen molar-refractivity contribution in [1.29, 1.82) is 0 Å². The van der Waals surface area contributed by atoms with Gasteiger partial charge >= 0.3 is 48.9 Å². The molecule has 0 aliphatic carbocycles. The molecular weight excluding hydrogens is 482 g/mol. The molecule has 0 saturated carbocycles. The number of unbranched alkanes of at least 4 members (excludes halogenated alkanes) is 7. The predicted octanol–water partition coefficient (Wildman–Crippen LogP) is 1.34. The van der Waals surface area contributed by atoms with Crippen molar-refractivity contribution in [3.8, 4) is 0 Å². The summed E-state index contributed by atoms with van der Waals surface area (Å²) >= 11 is 8.15. The second-order valence-corrected chi connectivity index (χ2v) is 8.84. The van der Waals surface area contributed by atoms with Crippen LogP contribution in [0.2, 0.25) is 0 Å². The molecule has 0 amide bonds. The van der Waals surface area contributed by atoms with E-state index >= 15 is 0 Å². The summed E-state index contributed by atoms with van der Waals surface area (Å²) in [6.07, 6.45) is 7.31. The van der Waals surface area contributed by atoms with Gasteiger partial charge in [0, 0.05) is 0 Å². The molecule has 0 aromatic heterocycles. The van der Waals surface area contributed by atoms with Gasteiger partial charge in [-0.3, -0.25) is 8.37 Å². The Morgan fingerprint density at radius 3 is 1.14 bits per heavy atom. The zero-order valence-corrected chi connectivity index (χ0v) is 19.6. The molecule has 0 aromatic carbocycles. The molecule has 122 valence electrons. The Morgan fingerprint density at radius 2 is 0.905 bits per heavy atom. The van der Waals surface area contributed by atoms with Crippen molar-refractivity contribution in [2.45, 2.75) is 51.4 Å². The van der Waals surface area contributed by atoms with Gasteiger partial charge in [0.05, 0.1) is 31.3 Å². The molecule has 21 heavy (non-hydrogen) atoms. The molecule has 0 heterocycles. The van der Waals surface area contributed by atoms with Gasteiger partial charge in [0.25, 0.3) is 0 Å². The molecule has 0 saturated heterocycles. The van der Waals surface area contributed by atoms with E-state index in [1.54, 1.807) is 0 Å². The molecule has 2 atom stereocenters. The van der Waals surface area contributed by atoms with Gasteiger partial charge in [-0.1, -0.05) is 38.5 Å². The fourth-order valence-corrected chi connectivity index (χ4v) is 2.64. The van der Waals surface area contributed by atoms with Gasteiger partial charge in [0.2, 0.25) is 0 Å². The van der Waals surface area contributed by atoms with Gasteiger partial charge in [0.1, 0.15) is 0 Å². The van der Waals surface area contributed by atoms with Crippen LogP contribution in [0.3, 0.4) is 0 Å². The van der Waals surface area contributed by atoms with E-state index in [-0.39, 0.29) is 62.1 Å². The topological polar surface area (TPSA) is 98.7 Å². The standard InChI is InChI=1S/C10H22O6S4.Ba/c11-19(12,17)15-9-7-5-3-1-2-4-6-8-10-16-20(13,14)18;/h1-10H2,(H,11,12,17)(H,13,14,18);/q;+2/p-2. The van der Waals surface area contributed by atoms with Crippen molar-refractivity contribution in [3.05, 3.63) is 0 Å². The number of rotatable bonds is 13. The van der Waals surface area contributed by atoms with Crippen LogP contribution in [0.25, 0.3) is 0 Å². The molecule has 11 heteroatoms. The second kappa shape index (κ2) is 14.5. The molecule has 0 spiro atoms. The van der Waals surface area contributed by atoms with E-state index < -0.39 is 18.1 Å².